The molecule has 100 valence electrons. The van der Waals surface area contributed by atoms with Gasteiger partial charge in [0.1, 0.15) is 11.6 Å². The number of para-hydroxylation sites is 1. The summed E-state index contributed by atoms with van der Waals surface area (Å²) in [5.74, 6) is -0.697. The fourth-order valence-corrected chi connectivity index (χ4v) is 1.98. The number of halogens is 2. The molecule has 5 nitrogen and oxygen atoms in total. The third-order valence-electron chi connectivity index (χ3n) is 2.36. The van der Waals surface area contributed by atoms with Crippen LogP contribution in [0.3, 0.4) is 0 Å². The molecule has 0 aliphatic carbocycles. The minimum atomic E-state index is -0.659. The molecule has 7 heteroatoms. The van der Waals surface area contributed by atoms with Gasteiger partial charge in [0.25, 0.3) is 0 Å². The van der Waals surface area contributed by atoms with E-state index in [9.17, 15) is 14.5 Å². The highest BCUT2D eigenvalue weighted by Gasteiger charge is 2.19. The maximum Gasteiger partial charge on any atom is 0.312 e. The Morgan fingerprint density at radius 1 is 1.35 bits per heavy atom. The fraction of sp³-hybridized carbons (Fsp3) is 0. The predicted molar refractivity (Wildman–Crippen MR) is 72.0 cm³/mol. The third kappa shape index (κ3) is 2.92. The van der Waals surface area contributed by atoms with Crippen LogP contribution in [0.1, 0.15) is 5.56 Å². The molecule has 0 atom stereocenters. The molecule has 2 aromatic rings. The zero-order valence-electron chi connectivity index (χ0n) is 9.84. The summed E-state index contributed by atoms with van der Waals surface area (Å²) in [6, 6.07) is 9.49. The smallest absolute Gasteiger partial charge is 0.312 e. The monoisotopic (exact) mass is 336 g/mol. The van der Waals surface area contributed by atoms with Gasteiger partial charge in [-0.25, -0.2) is 4.39 Å². The van der Waals surface area contributed by atoms with E-state index in [2.05, 4.69) is 15.9 Å². The number of rotatable bonds is 3. The molecule has 0 unspecified atom stereocenters. The van der Waals surface area contributed by atoms with Crippen molar-refractivity contribution in [3.8, 4) is 17.6 Å². The van der Waals surface area contributed by atoms with Gasteiger partial charge in [0, 0.05) is 12.1 Å². The van der Waals surface area contributed by atoms with Crippen molar-refractivity contribution in [2.24, 2.45) is 0 Å². The molecular formula is C13H6BrFN2O3. The molecule has 0 heterocycles. The normalized spacial score (nSPS) is 9.85. The number of hydrogen-bond donors (Lipinski definition) is 0. The Bertz CT molecular complexity index is 728. The molecule has 0 spiro atoms. The lowest BCUT2D eigenvalue weighted by Gasteiger charge is -2.08. The van der Waals surface area contributed by atoms with Crippen molar-refractivity contribution in [2.45, 2.75) is 0 Å². The molecule has 0 aliphatic heterocycles. The molecule has 0 bridgehead atoms. The van der Waals surface area contributed by atoms with E-state index < -0.39 is 10.7 Å². The number of benzene rings is 2. The summed E-state index contributed by atoms with van der Waals surface area (Å²) in [6.45, 7) is 0. The van der Waals surface area contributed by atoms with Gasteiger partial charge in [-0.3, -0.25) is 10.1 Å². The number of nitro groups is 1. The van der Waals surface area contributed by atoms with Crippen molar-refractivity contribution in [3.63, 3.8) is 0 Å². The van der Waals surface area contributed by atoms with Gasteiger partial charge in [-0.05, 0) is 34.1 Å². The van der Waals surface area contributed by atoms with Gasteiger partial charge < -0.3 is 4.74 Å². The van der Waals surface area contributed by atoms with E-state index in [1.54, 1.807) is 12.1 Å². The third-order valence-corrected chi connectivity index (χ3v) is 2.99. The molecule has 20 heavy (non-hydrogen) atoms. The number of hydrogen-bond acceptors (Lipinski definition) is 4. The SMILES string of the molecule is N#Cc1cc(F)cc(Oc2c(Br)cccc2[N+](=O)[O-])c1. The molecule has 0 N–H and O–H groups in total. The second-order valence-corrected chi connectivity index (χ2v) is 4.59. The van der Waals surface area contributed by atoms with Gasteiger partial charge >= 0.3 is 5.69 Å². The molecule has 0 amide bonds. The predicted octanol–water partition coefficient (Wildman–Crippen LogP) is 4.16. The first-order chi connectivity index (χ1) is 9.51. The maximum absolute atomic E-state index is 13.3. The number of nitriles is 1. The highest BCUT2D eigenvalue weighted by molar-refractivity contribution is 9.10. The average Bonchev–Trinajstić information content (AvgIpc) is 2.40. The van der Waals surface area contributed by atoms with Crippen molar-refractivity contribution in [2.75, 3.05) is 0 Å². The van der Waals surface area contributed by atoms with Crippen LogP contribution in [0.15, 0.2) is 40.9 Å². The molecule has 2 aromatic carbocycles. The van der Waals surface area contributed by atoms with Gasteiger partial charge in [-0.15, -0.1) is 0 Å². The minimum Gasteiger partial charge on any atom is -0.449 e. The van der Waals surface area contributed by atoms with Crippen LogP contribution in [0, 0.1) is 27.3 Å². The molecule has 0 aliphatic rings. The van der Waals surface area contributed by atoms with Crippen molar-refractivity contribution in [1.82, 2.24) is 0 Å². The van der Waals surface area contributed by atoms with Crippen LogP contribution in [0.2, 0.25) is 0 Å². The number of ether oxygens (including phenoxy) is 1. The quantitative estimate of drug-likeness (QED) is 0.622. The van der Waals surface area contributed by atoms with Crippen LogP contribution in [-0.4, -0.2) is 4.92 Å². The van der Waals surface area contributed by atoms with Crippen molar-refractivity contribution in [1.29, 1.82) is 5.26 Å². The van der Waals surface area contributed by atoms with Crippen LogP contribution >= 0.6 is 15.9 Å². The Labute approximate surface area is 121 Å². The minimum absolute atomic E-state index is 0.0107. The zero-order chi connectivity index (χ0) is 14.7. The summed E-state index contributed by atoms with van der Waals surface area (Å²) in [7, 11) is 0. The van der Waals surface area contributed by atoms with E-state index in [1.807, 2.05) is 0 Å². The van der Waals surface area contributed by atoms with Gasteiger partial charge in [-0.2, -0.15) is 5.26 Å². The molecule has 2 rings (SSSR count). The maximum atomic E-state index is 13.3. The lowest BCUT2D eigenvalue weighted by molar-refractivity contribution is -0.385. The van der Waals surface area contributed by atoms with E-state index in [0.29, 0.717) is 4.47 Å². The topological polar surface area (TPSA) is 76.2 Å². The molecule has 0 radical (unpaired) electrons. The first kappa shape index (κ1) is 14.0. The summed E-state index contributed by atoms with van der Waals surface area (Å²) < 4.78 is 19.0. The second kappa shape index (κ2) is 5.67. The Kier molecular flexibility index (Phi) is 3.96. The number of nitrogens with zero attached hydrogens (tertiary/aromatic N) is 2. The van der Waals surface area contributed by atoms with Crippen LogP contribution in [0.4, 0.5) is 10.1 Å². The summed E-state index contributed by atoms with van der Waals surface area (Å²) in [6.07, 6.45) is 0. The zero-order valence-corrected chi connectivity index (χ0v) is 11.4. The summed E-state index contributed by atoms with van der Waals surface area (Å²) in [5.41, 5.74) is -0.197. The Morgan fingerprint density at radius 3 is 2.75 bits per heavy atom. The van der Waals surface area contributed by atoms with Crippen molar-refractivity contribution >= 4 is 21.6 Å². The van der Waals surface area contributed by atoms with Gasteiger partial charge in [-0.1, -0.05) is 6.07 Å². The van der Waals surface area contributed by atoms with E-state index in [1.165, 1.54) is 18.2 Å². The van der Waals surface area contributed by atoms with Crippen LogP contribution in [-0.2, 0) is 0 Å². The fourth-order valence-electron chi connectivity index (χ4n) is 1.55. The standard InChI is InChI=1S/C13H6BrFN2O3/c14-11-2-1-3-12(17(18)19)13(11)20-10-5-8(7-16)4-9(15)6-10/h1-6H. The van der Waals surface area contributed by atoms with Gasteiger partial charge in [0.15, 0.2) is 0 Å². The first-order valence-electron chi connectivity index (χ1n) is 5.32. The van der Waals surface area contributed by atoms with Crippen LogP contribution < -0.4 is 4.74 Å². The highest BCUT2D eigenvalue weighted by atomic mass is 79.9. The van der Waals surface area contributed by atoms with Crippen molar-refractivity contribution < 1.29 is 14.1 Å². The lowest BCUT2D eigenvalue weighted by atomic mass is 10.2. The summed E-state index contributed by atoms with van der Waals surface area (Å²) in [5, 5.41) is 19.7. The average molecular weight is 337 g/mol. The van der Waals surface area contributed by atoms with Gasteiger partial charge in [0.05, 0.1) is 21.0 Å². The lowest BCUT2D eigenvalue weighted by Crippen LogP contribution is -1.95. The summed E-state index contributed by atoms with van der Waals surface area (Å²) >= 11 is 3.14. The second-order valence-electron chi connectivity index (χ2n) is 3.73. The molecule has 0 saturated heterocycles. The highest BCUT2D eigenvalue weighted by Crippen LogP contribution is 2.38. The Morgan fingerprint density at radius 2 is 2.10 bits per heavy atom. The molecule has 0 saturated carbocycles. The van der Waals surface area contributed by atoms with E-state index in [0.717, 1.165) is 12.1 Å². The Hall–Kier alpha value is -2.46. The molecular weight excluding hydrogens is 331 g/mol. The summed E-state index contributed by atoms with van der Waals surface area (Å²) in [4.78, 5) is 10.3. The largest absolute Gasteiger partial charge is 0.449 e. The van der Waals surface area contributed by atoms with Crippen LogP contribution in [0.5, 0.6) is 11.5 Å². The van der Waals surface area contributed by atoms with Crippen molar-refractivity contribution in [3.05, 3.63) is 62.4 Å². The molecule has 0 fully saturated rings. The van der Waals surface area contributed by atoms with E-state index in [4.69, 9.17) is 10.00 Å². The first-order valence-corrected chi connectivity index (χ1v) is 6.12. The van der Waals surface area contributed by atoms with Gasteiger partial charge in [0.2, 0.25) is 5.75 Å². The Balaban J connectivity index is 2.48. The van der Waals surface area contributed by atoms with E-state index >= 15 is 0 Å². The van der Waals surface area contributed by atoms with E-state index in [-0.39, 0.29) is 22.7 Å². The molecule has 0 aromatic heterocycles. The number of nitro benzene ring substituents is 1. The van der Waals surface area contributed by atoms with Crippen LogP contribution in [0.25, 0.3) is 0 Å².